The number of benzene rings is 1. The minimum absolute atomic E-state index is 0.231. The van der Waals surface area contributed by atoms with Crippen LogP contribution in [-0.4, -0.2) is 42.4 Å². The smallest absolute Gasteiger partial charge is 0.137 e. The van der Waals surface area contributed by atoms with Crippen LogP contribution in [0.25, 0.3) is 0 Å². The molecule has 0 aromatic heterocycles. The van der Waals surface area contributed by atoms with E-state index in [1.54, 1.807) is 6.07 Å². The third kappa shape index (κ3) is 3.69. The van der Waals surface area contributed by atoms with E-state index in [9.17, 15) is 5.11 Å². The first-order valence-electron chi connectivity index (χ1n) is 6.73. The van der Waals surface area contributed by atoms with Gasteiger partial charge in [0.05, 0.1) is 11.7 Å². The normalized spacial score (nSPS) is 21.0. The molecule has 1 aromatic carbocycles. The molecule has 1 saturated heterocycles. The Bertz CT molecular complexity index is 454. The molecule has 1 aromatic rings. The van der Waals surface area contributed by atoms with Gasteiger partial charge in [0.1, 0.15) is 18.4 Å². The molecule has 2 rings (SSSR count). The van der Waals surface area contributed by atoms with Crippen LogP contribution in [0.2, 0.25) is 0 Å². The maximum atomic E-state index is 9.55. The lowest BCUT2D eigenvalue weighted by molar-refractivity contribution is 0.125. The van der Waals surface area contributed by atoms with Crippen LogP contribution in [0.5, 0.6) is 5.75 Å². The summed E-state index contributed by atoms with van der Waals surface area (Å²) in [4.78, 5) is 2.30. The van der Waals surface area contributed by atoms with Crippen molar-refractivity contribution < 1.29 is 9.84 Å². The molecule has 1 fully saturated rings. The van der Waals surface area contributed by atoms with Crippen LogP contribution in [0.4, 0.5) is 0 Å². The molecule has 1 aliphatic rings. The number of para-hydroxylation sites is 1. The van der Waals surface area contributed by atoms with Crippen LogP contribution >= 0.6 is 0 Å². The van der Waals surface area contributed by atoms with Gasteiger partial charge in [-0.2, -0.15) is 5.26 Å². The van der Waals surface area contributed by atoms with E-state index >= 15 is 0 Å². The summed E-state index contributed by atoms with van der Waals surface area (Å²) in [6, 6.07) is 9.41. The second-order valence-corrected chi connectivity index (χ2v) is 5.05. The second kappa shape index (κ2) is 6.55. The molecule has 0 aliphatic carbocycles. The summed E-state index contributed by atoms with van der Waals surface area (Å²) >= 11 is 0. The number of aliphatic hydroxyl groups excluding tert-OH is 1. The van der Waals surface area contributed by atoms with Crippen LogP contribution in [-0.2, 0) is 0 Å². The molecule has 19 heavy (non-hydrogen) atoms. The Morgan fingerprint density at radius 3 is 3.00 bits per heavy atom. The molecule has 4 heteroatoms. The third-order valence-corrected chi connectivity index (χ3v) is 3.66. The lowest BCUT2D eigenvalue weighted by atomic mass is 10.0. The van der Waals surface area contributed by atoms with Gasteiger partial charge in [0.25, 0.3) is 0 Å². The molecule has 1 aliphatic heterocycles. The molecule has 0 amide bonds. The van der Waals surface area contributed by atoms with Gasteiger partial charge in [0.15, 0.2) is 0 Å². The largest absolute Gasteiger partial charge is 0.491 e. The van der Waals surface area contributed by atoms with Crippen molar-refractivity contribution in [3.05, 3.63) is 29.8 Å². The van der Waals surface area contributed by atoms with Gasteiger partial charge >= 0.3 is 0 Å². The number of ether oxygens (including phenoxy) is 1. The highest BCUT2D eigenvalue weighted by molar-refractivity contribution is 5.42. The molecule has 1 heterocycles. The molecule has 102 valence electrons. The van der Waals surface area contributed by atoms with Crippen molar-refractivity contribution in [1.82, 2.24) is 4.90 Å². The average Bonchev–Trinajstić information content (AvgIpc) is 2.88. The molecule has 1 N–H and O–H groups in total. The number of likely N-dealkylation sites (tertiary alicyclic amines) is 1. The fourth-order valence-electron chi connectivity index (χ4n) is 2.43. The Morgan fingerprint density at radius 1 is 1.53 bits per heavy atom. The summed E-state index contributed by atoms with van der Waals surface area (Å²) in [5.74, 6) is 1.03. The van der Waals surface area contributed by atoms with Gasteiger partial charge in [-0.3, -0.25) is 4.90 Å². The predicted octanol–water partition coefficient (Wildman–Crippen LogP) is 1.64. The molecule has 2 atom stereocenters. The Labute approximate surface area is 114 Å². The third-order valence-electron chi connectivity index (χ3n) is 3.66. The minimum atomic E-state index is -0.231. The van der Waals surface area contributed by atoms with E-state index in [0.29, 0.717) is 23.8 Å². The van der Waals surface area contributed by atoms with Gasteiger partial charge in [-0.25, -0.2) is 0 Å². The Morgan fingerprint density at radius 2 is 2.32 bits per heavy atom. The number of nitriles is 1. The first-order chi connectivity index (χ1) is 9.20. The highest BCUT2D eigenvalue weighted by Gasteiger charge is 2.25. The van der Waals surface area contributed by atoms with Gasteiger partial charge in [-0.15, -0.1) is 0 Å². The summed E-state index contributed by atoms with van der Waals surface area (Å²) in [7, 11) is 0. The van der Waals surface area contributed by atoms with E-state index in [-0.39, 0.29) is 6.10 Å². The molecule has 0 spiro atoms. The zero-order valence-corrected chi connectivity index (χ0v) is 11.2. The second-order valence-electron chi connectivity index (χ2n) is 5.05. The Balaban J connectivity index is 1.77. The van der Waals surface area contributed by atoms with Crippen LogP contribution < -0.4 is 4.74 Å². The topological polar surface area (TPSA) is 56.5 Å². The fourth-order valence-corrected chi connectivity index (χ4v) is 2.43. The predicted molar refractivity (Wildman–Crippen MR) is 72.9 cm³/mol. The monoisotopic (exact) mass is 260 g/mol. The standard InChI is InChI=1S/C15H20N2O2/c1-12(18)14-6-7-17(11-14)8-9-19-15-5-3-2-4-13(15)10-16/h2-5,12,14,18H,6-9,11H2,1H3. The number of aliphatic hydroxyl groups is 1. The summed E-state index contributed by atoms with van der Waals surface area (Å²) in [5, 5.41) is 18.5. The van der Waals surface area contributed by atoms with Gasteiger partial charge < -0.3 is 9.84 Å². The van der Waals surface area contributed by atoms with E-state index in [4.69, 9.17) is 10.00 Å². The number of rotatable bonds is 5. The number of hydrogen-bond donors (Lipinski definition) is 1. The van der Waals surface area contributed by atoms with E-state index in [2.05, 4.69) is 11.0 Å². The summed E-state index contributed by atoms with van der Waals surface area (Å²) in [6.45, 7) is 5.21. The van der Waals surface area contributed by atoms with Crippen molar-refractivity contribution in [2.75, 3.05) is 26.2 Å². The van der Waals surface area contributed by atoms with Crippen LogP contribution in [0.15, 0.2) is 24.3 Å². The molecular formula is C15H20N2O2. The highest BCUT2D eigenvalue weighted by Crippen LogP contribution is 2.20. The molecular weight excluding hydrogens is 240 g/mol. The fraction of sp³-hybridized carbons (Fsp3) is 0.533. The Kier molecular flexibility index (Phi) is 4.78. The summed E-state index contributed by atoms with van der Waals surface area (Å²) in [6.07, 6.45) is 0.817. The van der Waals surface area contributed by atoms with Gasteiger partial charge in [-0.05, 0) is 37.9 Å². The zero-order chi connectivity index (χ0) is 13.7. The first-order valence-corrected chi connectivity index (χ1v) is 6.73. The van der Waals surface area contributed by atoms with E-state index in [1.807, 2.05) is 25.1 Å². The first kappa shape index (κ1) is 13.9. The van der Waals surface area contributed by atoms with Gasteiger partial charge in [-0.1, -0.05) is 12.1 Å². The Hall–Kier alpha value is -1.57. The minimum Gasteiger partial charge on any atom is -0.491 e. The van der Waals surface area contributed by atoms with Crippen molar-refractivity contribution in [2.45, 2.75) is 19.4 Å². The SMILES string of the molecule is CC(O)C1CCN(CCOc2ccccc2C#N)C1. The maximum Gasteiger partial charge on any atom is 0.137 e. The van der Waals surface area contributed by atoms with Crippen molar-refractivity contribution in [3.63, 3.8) is 0 Å². The van der Waals surface area contributed by atoms with Gasteiger partial charge in [0.2, 0.25) is 0 Å². The zero-order valence-electron chi connectivity index (χ0n) is 11.2. The molecule has 4 nitrogen and oxygen atoms in total. The van der Waals surface area contributed by atoms with E-state index in [0.717, 1.165) is 26.1 Å². The van der Waals surface area contributed by atoms with Crippen molar-refractivity contribution in [1.29, 1.82) is 5.26 Å². The van der Waals surface area contributed by atoms with Crippen LogP contribution in [0.1, 0.15) is 18.9 Å². The van der Waals surface area contributed by atoms with Crippen molar-refractivity contribution in [2.24, 2.45) is 5.92 Å². The molecule has 0 bridgehead atoms. The summed E-state index contributed by atoms with van der Waals surface area (Å²) < 4.78 is 5.66. The van der Waals surface area contributed by atoms with Crippen LogP contribution in [0.3, 0.4) is 0 Å². The summed E-state index contributed by atoms with van der Waals surface area (Å²) in [5.41, 5.74) is 0.575. The lowest BCUT2D eigenvalue weighted by Crippen LogP contribution is -2.28. The number of nitrogens with zero attached hydrogens (tertiary/aromatic N) is 2. The van der Waals surface area contributed by atoms with Crippen LogP contribution in [0, 0.1) is 17.2 Å². The van der Waals surface area contributed by atoms with Crippen molar-refractivity contribution >= 4 is 0 Å². The quantitative estimate of drug-likeness (QED) is 0.874. The lowest BCUT2D eigenvalue weighted by Gasteiger charge is -2.17. The average molecular weight is 260 g/mol. The number of hydrogen-bond acceptors (Lipinski definition) is 4. The molecule has 2 unspecified atom stereocenters. The van der Waals surface area contributed by atoms with E-state index < -0.39 is 0 Å². The van der Waals surface area contributed by atoms with Crippen molar-refractivity contribution in [3.8, 4) is 11.8 Å². The maximum absolute atomic E-state index is 9.55. The van der Waals surface area contributed by atoms with E-state index in [1.165, 1.54) is 0 Å². The molecule has 0 radical (unpaired) electrons. The molecule has 0 saturated carbocycles. The highest BCUT2D eigenvalue weighted by atomic mass is 16.5. The van der Waals surface area contributed by atoms with Gasteiger partial charge in [0, 0.05) is 13.1 Å².